The van der Waals surface area contributed by atoms with Crippen molar-refractivity contribution >= 4 is 21.9 Å². The van der Waals surface area contributed by atoms with Crippen LogP contribution in [-0.4, -0.2) is 32.5 Å². The first kappa shape index (κ1) is 19.5. The predicted octanol–water partition coefficient (Wildman–Crippen LogP) is 4.78. The van der Waals surface area contributed by atoms with Crippen molar-refractivity contribution in [2.75, 3.05) is 20.8 Å². The fourth-order valence-electron chi connectivity index (χ4n) is 3.69. The van der Waals surface area contributed by atoms with Crippen molar-refractivity contribution < 1.29 is 27.8 Å². The Bertz CT molecular complexity index is 1350. The van der Waals surface area contributed by atoms with E-state index < -0.39 is 5.63 Å². The van der Waals surface area contributed by atoms with Gasteiger partial charge in [-0.2, -0.15) is 0 Å². The Morgan fingerprint density at radius 3 is 2.35 bits per heavy atom. The van der Waals surface area contributed by atoms with E-state index in [1.54, 1.807) is 26.4 Å². The Morgan fingerprint density at radius 1 is 0.903 bits per heavy atom. The van der Waals surface area contributed by atoms with Crippen molar-refractivity contribution in [2.24, 2.45) is 0 Å². The number of hydrogen-bond donors (Lipinski definition) is 0. The predicted molar refractivity (Wildman–Crippen MR) is 115 cm³/mol. The molecule has 0 amide bonds. The molecule has 7 heteroatoms. The third-order valence-corrected chi connectivity index (χ3v) is 5.59. The summed E-state index contributed by atoms with van der Waals surface area (Å²) in [4.78, 5) is 11.8. The van der Waals surface area contributed by atoms with E-state index in [-0.39, 0.29) is 11.7 Å². The third kappa shape index (κ3) is 3.41. The summed E-state index contributed by atoms with van der Waals surface area (Å²) in [6, 6.07) is 12.3. The molecule has 2 aromatic carbocycles. The maximum atomic E-state index is 11.8. The highest BCUT2D eigenvalue weighted by molar-refractivity contribution is 6.02. The lowest BCUT2D eigenvalue weighted by Crippen LogP contribution is -2.12. The Hall–Kier alpha value is -3.45. The van der Waals surface area contributed by atoms with Gasteiger partial charge < -0.3 is 27.8 Å². The van der Waals surface area contributed by atoms with Gasteiger partial charge in [-0.05, 0) is 44.2 Å². The fourth-order valence-corrected chi connectivity index (χ4v) is 3.69. The van der Waals surface area contributed by atoms with Gasteiger partial charge in [0.05, 0.1) is 30.6 Å². The molecule has 0 saturated carbocycles. The number of ether oxygens (including phenoxy) is 4. The molecule has 3 heterocycles. The molecule has 4 aromatic rings. The highest BCUT2D eigenvalue weighted by Gasteiger charge is 2.48. The average Bonchev–Trinajstić information content (AvgIpc) is 3.16. The first-order valence-corrected chi connectivity index (χ1v) is 9.93. The van der Waals surface area contributed by atoms with E-state index in [1.807, 2.05) is 38.1 Å². The molecule has 0 spiro atoms. The Balaban J connectivity index is 1.64. The van der Waals surface area contributed by atoms with E-state index in [1.165, 1.54) is 6.07 Å². The molecule has 0 unspecified atom stereocenters. The van der Waals surface area contributed by atoms with Gasteiger partial charge in [-0.25, -0.2) is 4.79 Å². The molecule has 1 fully saturated rings. The van der Waals surface area contributed by atoms with Crippen molar-refractivity contribution in [1.82, 2.24) is 0 Å². The smallest absolute Gasteiger partial charge is 0.336 e. The Morgan fingerprint density at radius 2 is 1.65 bits per heavy atom. The van der Waals surface area contributed by atoms with Gasteiger partial charge >= 0.3 is 5.63 Å². The number of benzene rings is 2. The third-order valence-electron chi connectivity index (χ3n) is 5.59. The minimum atomic E-state index is -0.434. The van der Waals surface area contributed by atoms with E-state index in [2.05, 4.69) is 0 Å². The summed E-state index contributed by atoms with van der Waals surface area (Å²) in [6.07, 6.45) is 0.00532. The van der Waals surface area contributed by atoms with Crippen molar-refractivity contribution in [3.8, 4) is 28.6 Å². The normalized spacial score (nSPS) is 17.1. The topological polar surface area (TPSA) is 83.6 Å². The Labute approximate surface area is 178 Å². The maximum Gasteiger partial charge on any atom is 0.336 e. The van der Waals surface area contributed by atoms with Gasteiger partial charge in [-0.1, -0.05) is 0 Å². The molecular weight excluding hydrogens is 400 g/mol. The summed E-state index contributed by atoms with van der Waals surface area (Å²) in [5.41, 5.74) is 1.14. The Kier molecular flexibility index (Phi) is 4.44. The van der Waals surface area contributed by atoms with Crippen molar-refractivity contribution in [3.05, 3.63) is 52.9 Å². The molecule has 0 aliphatic carbocycles. The lowest BCUT2D eigenvalue weighted by molar-refractivity contribution is 0.258. The molecule has 2 aromatic heterocycles. The first-order valence-electron chi connectivity index (χ1n) is 9.93. The second kappa shape index (κ2) is 7.06. The molecule has 1 saturated heterocycles. The van der Waals surface area contributed by atoms with Crippen LogP contribution in [0.3, 0.4) is 0 Å². The monoisotopic (exact) mass is 422 g/mol. The minimum Gasteiger partial charge on any atom is -0.493 e. The second-order valence-corrected chi connectivity index (χ2v) is 7.99. The molecule has 7 nitrogen and oxygen atoms in total. The van der Waals surface area contributed by atoms with E-state index in [0.717, 1.165) is 10.9 Å². The summed E-state index contributed by atoms with van der Waals surface area (Å²) in [6.45, 7) is 4.43. The number of methoxy groups -OCH3 is 2. The molecule has 1 aliphatic heterocycles. The van der Waals surface area contributed by atoms with Crippen LogP contribution < -0.4 is 19.8 Å². The standard InChI is InChI=1S/C24H22O7/c1-24(2)21(31-24)12-28-23-14-6-8-22(25)30-18(14)11-19-15(23)10-17(29-19)13-5-7-16(26-3)20(9-13)27-4/h5-11,21H,12H2,1-4H3/t21-/m1/s1. The van der Waals surface area contributed by atoms with Crippen LogP contribution in [0.15, 0.2) is 56.1 Å². The van der Waals surface area contributed by atoms with E-state index in [9.17, 15) is 4.79 Å². The quantitative estimate of drug-likeness (QED) is 0.327. The molecule has 0 bridgehead atoms. The van der Waals surface area contributed by atoms with Crippen LogP contribution in [0.25, 0.3) is 33.3 Å². The first-order chi connectivity index (χ1) is 14.9. The molecule has 0 N–H and O–H groups in total. The van der Waals surface area contributed by atoms with E-state index in [0.29, 0.717) is 46.2 Å². The summed E-state index contributed by atoms with van der Waals surface area (Å²) in [5, 5.41) is 1.48. The molecule has 1 atom stereocenters. The van der Waals surface area contributed by atoms with Gasteiger partial charge in [0.15, 0.2) is 11.5 Å². The molecule has 0 radical (unpaired) electrons. The van der Waals surface area contributed by atoms with E-state index in [4.69, 9.17) is 27.8 Å². The van der Waals surface area contributed by atoms with Crippen LogP contribution in [0.4, 0.5) is 0 Å². The zero-order chi connectivity index (χ0) is 21.8. The summed E-state index contributed by atoms with van der Waals surface area (Å²) >= 11 is 0. The van der Waals surface area contributed by atoms with Crippen LogP contribution in [0.5, 0.6) is 17.2 Å². The van der Waals surface area contributed by atoms with Gasteiger partial charge in [-0.3, -0.25) is 0 Å². The zero-order valence-electron chi connectivity index (χ0n) is 17.7. The number of rotatable bonds is 6. The molecule has 160 valence electrons. The summed E-state index contributed by atoms with van der Waals surface area (Å²) in [5.74, 6) is 2.45. The zero-order valence-corrected chi connectivity index (χ0v) is 17.7. The molecular formula is C24H22O7. The van der Waals surface area contributed by atoms with Crippen LogP contribution in [0, 0.1) is 0 Å². The fraction of sp³-hybridized carbons (Fsp3) is 0.292. The molecule has 1 aliphatic rings. The molecule has 5 rings (SSSR count). The lowest BCUT2D eigenvalue weighted by Gasteiger charge is -2.09. The molecule has 31 heavy (non-hydrogen) atoms. The minimum absolute atomic E-state index is 0.00532. The SMILES string of the molecule is COc1ccc(-c2cc3c(OC[C@H]4OC4(C)C)c4ccc(=O)oc4cc3o2)cc1OC. The average molecular weight is 422 g/mol. The van der Waals surface area contributed by atoms with Crippen molar-refractivity contribution in [3.63, 3.8) is 0 Å². The number of hydrogen-bond acceptors (Lipinski definition) is 7. The van der Waals surface area contributed by atoms with Gasteiger partial charge in [0.25, 0.3) is 0 Å². The van der Waals surface area contributed by atoms with Crippen LogP contribution in [0.1, 0.15) is 13.8 Å². The van der Waals surface area contributed by atoms with Gasteiger partial charge in [0.2, 0.25) is 0 Å². The maximum absolute atomic E-state index is 11.8. The lowest BCUT2D eigenvalue weighted by atomic mass is 10.1. The summed E-state index contributed by atoms with van der Waals surface area (Å²) < 4.78 is 34.0. The second-order valence-electron chi connectivity index (χ2n) is 7.99. The van der Waals surface area contributed by atoms with Gasteiger partial charge in [0, 0.05) is 17.7 Å². The number of fused-ring (bicyclic) bond motifs is 2. The van der Waals surface area contributed by atoms with Crippen LogP contribution >= 0.6 is 0 Å². The van der Waals surface area contributed by atoms with Crippen molar-refractivity contribution in [2.45, 2.75) is 25.6 Å². The van der Waals surface area contributed by atoms with Crippen LogP contribution in [0.2, 0.25) is 0 Å². The van der Waals surface area contributed by atoms with Gasteiger partial charge in [-0.15, -0.1) is 0 Å². The van der Waals surface area contributed by atoms with Crippen molar-refractivity contribution in [1.29, 1.82) is 0 Å². The highest BCUT2D eigenvalue weighted by Crippen LogP contribution is 2.42. The van der Waals surface area contributed by atoms with Gasteiger partial charge in [0.1, 0.15) is 35.4 Å². The highest BCUT2D eigenvalue weighted by atomic mass is 16.6. The largest absolute Gasteiger partial charge is 0.493 e. The summed E-state index contributed by atoms with van der Waals surface area (Å²) in [7, 11) is 3.18. The van der Waals surface area contributed by atoms with Crippen LogP contribution in [-0.2, 0) is 4.74 Å². The number of epoxide rings is 1. The van der Waals surface area contributed by atoms with E-state index >= 15 is 0 Å². The number of furan rings is 1.